The van der Waals surface area contributed by atoms with Crippen molar-refractivity contribution in [2.24, 2.45) is 4.99 Å². The number of guanidine groups is 1. The maximum absolute atomic E-state index is 4.46. The van der Waals surface area contributed by atoms with Gasteiger partial charge < -0.3 is 15.5 Å². The molecule has 0 radical (unpaired) electrons. The van der Waals surface area contributed by atoms with Crippen LogP contribution in [0.5, 0.6) is 0 Å². The summed E-state index contributed by atoms with van der Waals surface area (Å²) in [6.07, 6.45) is 2.21. The largest absolute Gasteiger partial charge is 0.356 e. The minimum atomic E-state index is 0. The molecule has 1 aliphatic rings. The normalized spacial score (nSPS) is 17.5. The maximum Gasteiger partial charge on any atom is 0.191 e. The fourth-order valence-electron chi connectivity index (χ4n) is 4.17. The highest BCUT2D eigenvalue weighted by Gasteiger charge is 2.28. The van der Waals surface area contributed by atoms with E-state index in [0.29, 0.717) is 6.04 Å². The van der Waals surface area contributed by atoms with E-state index in [1.165, 1.54) is 18.7 Å². The minimum Gasteiger partial charge on any atom is -0.356 e. The molecule has 0 bridgehead atoms. The Morgan fingerprint density at radius 2 is 1.66 bits per heavy atom. The maximum atomic E-state index is 4.46. The molecule has 0 aromatic heterocycles. The van der Waals surface area contributed by atoms with Gasteiger partial charge in [0.25, 0.3) is 0 Å². The molecular weight excluding hydrogens is 473 g/mol. The second kappa shape index (κ2) is 13.4. The summed E-state index contributed by atoms with van der Waals surface area (Å²) in [5.41, 5.74) is 1.55. The zero-order chi connectivity index (χ0) is 20.4. The second-order valence-corrected chi connectivity index (χ2v) is 7.98. The van der Waals surface area contributed by atoms with Crippen molar-refractivity contribution in [1.82, 2.24) is 20.4 Å². The summed E-state index contributed by atoms with van der Waals surface area (Å²) in [7, 11) is 1.86. The van der Waals surface area contributed by atoms with Crippen LogP contribution in [0.3, 0.4) is 0 Å². The van der Waals surface area contributed by atoms with E-state index in [4.69, 9.17) is 0 Å². The van der Waals surface area contributed by atoms with Crippen LogP contribution in [-0.4, -0.2) is 74.7 Å². The smallest absolute Gasteiger partial charge is 0.191 e. The number of hydrogen-bond donors (Lipinski definition) is 2. The molecule has 0 amide bonds. The van der Waals surface area contributed by atoms with Crippen molar-refractivity contribution in [1.29, 1.82) is 0 Å². The summed E-state index contributed by atoms with van der Waals surface area (Å²) >= 11 is 0. The SMILES string of the molecule is CCN1CCN(C(C)CNC(=NC)NCC(CC)(CC)c2ccccc2)CC1.I. The lowest BCUT2D eigenvalue weighted by molar-refractivity contribution is 0.107. The van der Waals surface area contributed by atoms with Gasteiger partial charge in [0.05, 0.1) is 0 Å². The quantitative estimate of drug-likeness (QED) is 0.300. The van der Waals surface area contributed by atoms with Gasteiger partial charge in [-0.15, -0.1) is 24.0 Å². The predicted molar refractivity (Wildman–Crippen MR) is 137 cm³/mol. The Kier molecular flexibility index (Phi) is 12.1. The number of aliphatic imine (C=N–C) groups is 1. The van der Waals surface area contributed by atoms with Gasteiger partial charge >= 0.3 is 0 Å². The first-order valence-corrected chi connectivity index (χ1v) is 11.0. The molecule has 0 aliphatic carbocycles. The molecule has 1 heterocycles. The zero-order valence-corrected chi connectivity index (χ0v) is 21.4. The third-order valence-electron chi connectivity index (χ3n) is 6.60. The van der Waals surface area contributed by atoms with Crippen LogP contribution in [-0.2, 0) is 5.41 Å². The van der Waals surface area contributed by atoms with Crippen LogP contribution in [0.2, 0.25) is 0 Å². The Bertz CT molecular complexity index is 580. The van der Waals surface area contributed by atoms with Gasteiger partial charge in [-0.05, 0) is 31.9 Å². The Hall–Kier alpha value is -0.860. The van der Waals surface area contributed by atoms with Crippen LogP contribution in [0.15, 0.2) is 35.3 Å². The van der Waals surface area contributed by atoms with Crippen molar-refractivity contribution in [3.63, 3.8) is 0 Å². The van der Waals surface area contributed by atoms with Crippen LogP contribution in [0.1, 0.15) is 46.1 Å². The topological polar surface area (TPSA) is 42.9 Å². The summed E-state index contributed by atoms with van der Waals surface area (Å²) in [5.74, 6) is 0.904. The Morgan fingerprint density at radius 3 is 2.17 bits per heavy atom. The number of nitrogens with zero attached hydrogens (tertiary/aromatic N) is 3. The molecule has 1 fully saturated rings. The van der Waals surface area contributed by atoms with Crippen molar-refractivity contribution in [2.75, 3.05) is 52.9 Å². The first kappa shape index (κ1) is 26.2. The average molecular weight is 516 g/mol. The molecule has 1 unspecified atom stereocenters. The minimum absolute atomic E-state index is 0. The van der Waals surface area contributed by atoms with Gasteiger partial charge in [-0.3, -0.25) is 9.89 Å². The molecule has 0 spiro atoms. The first-order chi connectivity index (χ1) is 13.6. The van der Waals surface area contributed by atoms with Gasteiger partial charge in [0.1, 0.15) is 0 Å². The summed E-state index contributed by atoms with van der Waals surface area (Å²) in [5, 5.41) is 7.14. The van der Waals surface area contributed by atoms with E-state index < -0.39 is 0 Å². The Labute approximate surface area is 195 Å². The lowest BCUT2D eigenvalue weighted by atomic mass is 9.76. The van der Waals surface area contributed by atoms with E-state index in [0.717, 1.165) is 51.5 Å². The standard InChI is InChI=1S/C23H41N5.HI/c1-6-23(7-2,21-12-10-9-11-13-21)19-26-22(24-5)25-18-20(4)28-16-14-27(8-3)15-17-28;/h9-13,20H,6-8,14-19H2,1-5H3,(H2,24,25,26);1H. The molecule has 1 aromatic carbocycles. The molecular formula is C23H42IN5. The third-order valence-corrected chi connectivity index (χ3v) is 6.60. The fourth-order valence-corrected chi connectivity index (χ4v) is 4.17. The molecule has 5 nitrogen and oxygen atoms in total. The van der Waals surface area contributed by atoms with E-state index in [1.54, 1.807) is 0 Å². The summed E-state index contributed by atoms with van der Waals surface area (Å²) in [6.45, 7) is 16.8. The molecule has 2 N–H and O–H groups in total. The van der Waals surface area contributed by atoms with Crippen LogP contribution >= 0.6 is 24.0 Å². The van der Waals surface area contributed by atoms with E-state index in [2.05, 4.69) is 83.5 Å². The Balaban J connectivity index is 0.00000420. The molecule has 166 valence electrons. The monoisotopic (exact) mass is 515 g/mol. The van der Waals surface area contributed by atoms with E-state index in [-0.39, 0.29) is 29.4 Å². The Morgan fingerprint density at radius 1 is 1.03 bits per heavy atom. The van der Waals surface area contributed by atoms with E-state index >= 15 is 0 Å². The van der Waals surface area contributed by atoms with Crippen molar-refractivity contribution in [3.8, 4) is 0 Å². The molecule has 2 rings (SSSR count). The van der Waals surface area contributed by atoms with Gasteiger partial charge in [0, 0.05) is 57.8 Å². The molecule has 1 saturated heterocycles. The van der Waals surface area contributed by atoms with Crippen LogP contribution < -0.4 is 10.6 Å². The number of rotatable bonds is 9. The van der Waals surface area contributed by atoms with Crippen molar-refractivity contribution in [3.05, 3.63) is 35.9 Å². The number of benzene rings is 1. The van der Waals surface area contributed by atoms with Gasteiger partial charge in [0.15, 0.2) is 5.96 Å². The molecule has 0 saturated carbocycles. The van der Waals surface area contributed by atoms with Crippen molar-refractivity contribution >= 4 is 29.9 Å². The summed E-state index contributed by atoms with van der Waals surface area (Å²) in [6, 6.07) is 11.4. The van der Waals surface area contributed by atoms with Gasteiger partial charge in [-0.1, -0.05) is 51.1 Å². The number of likely N-dealkylation sites (N-methyl/N-ethyl adjacent to an activating group) is 1. The molecule has 6 heteroatoms. The number of halogens is 1. The van der Waals surface area contributed by atoms with Crippen molar-refractivity contribution < 1.29 is 0 Å². The predicted octanol–water partition coefficient (Wildman–Crippen LogP) is 3.55. The molecule has 1 aliphatic heterocycles. The van der Waals surface area contributed by atoms with Gasteiger partial charge in [0.2, 0.25) is 0 Å². The van der Waals surface area contributed by atoms with Crippen LogP contribution in [0, 0.1) is 0 Å². The van der Waals surface area contributed by atoms with E-state index in [1.807, 2.05) is 7.05 Å². The van der Waals surface area contributed by atoms with Crippen LogP contribution in [0.4, 0.5) is 0 Å². The molecule has 29 heavy (non-hydrogen) atoms. The highest BCUT2D eigenvalue weighted by molar-refractivity contribution is 14.0. The van der Waals surface area contributed by atoms with E-state index in [9.17, 15) is 0 Å². The highest BCUT2D eigenvalue weighted by atomic mass is 127. The summed E-state index contributed by atoms with van der Waals surface area (Å²) < 4.78 is 0. The number of hydrogen-bond acceptors (Lipinski definition) is 3. The zero-order valence-electron chi connectivity index (χ0n) is 19.1. The molecule has 1 aromatic rings. The number of nitrogens with one attached hydrogen (secondary N) is 2. The second-order valence-electron chi connectivity index (χ2n) is 7.98. The van der Waals surface area contributed by atoms with Crippen LogP contribution in [0.25, 0.3) is 0 Å². The van der Waals surface area contributed by atoms with Gasteiger partial charge in [-0.25, -0.2) is 0 Å². The van der Waals surface area contributed by atoms with Gasteiger partial charge in [-0.2, -0.15) is 0 Å². The summed E-state index contributed by atoms with van der Waals surface area (Å²) in [4.78, 5) is 9.57. The molecule has 1 atom stereocenters. The average Bonchev–Trinajstić information content (AvgIpc) is 2.77. The highest BCUT2D eigenvalue weighted by Crippen LogP contribution is 2.30. The third kappa shape index (κ3) is 7.40. The lowest BCUT2D eigenvalue weighted by Gasteiger charge is -2.38. The number of piperazine rings is 1. The van der Waals surface area contributed by atoms with Crippen molar-refractivity contribution in [2.45, 2.75) is 52.0 Å². The fraction of sp³-hybridized carbons (Fsp3) is 0.696. The first-order valence-electron chi connectivity index (χ1n) is 11.0. The lowest BCUT2D eigenvalue weighted by Crippen LogP contribution is -2.53.